The molecule has 174 valence electrons. The largest absolute Gasteiger partial charge is 0.477 e. The van der Waals surface area contributed by atoms with Crippen LogP contribution in [0.3, 0.4) is 0 Å². The van der Waals surface area contributed by atoms with Crippen molar-refractivity contribution in [3.8, 4) is 0 Å². The lowest BCUT2D eigenvalue weighted by atomic mass is 9.79. The zero-order valence-corrected chi connectivity index (χ0v) is 19.8. The van der Waals surface area contributed by atoms with Gasteiger partial charge >= 0.3 is 11.9 Å². The SMILES string of the molecule is CCOC(=O)c1csc(N2CCC(SC3=C(C(=O)O)N4C(=O)[C@H]([C@@H](C)O)[C@H]4[C@H]3C)CC2)n1. The highest BCUT2D eigenvalue weighted by molar-refractivity contribution is 8.03. The molecule has 0 unspecified atom stereocenters. The van der Waals surface area contributed by atoms with Crippen molar-refractivity contribution in [3.63, 3.8) is 0 Å². The van der Waals surface area contributed by atoms with Crippen LogP contribution in [0.25, 0.3) is 0 Å². The first-order valence-electron chi connectivity index (χ1n) is 10.8. The highest BCUT2D eigenvalue weighted by Gasteiger charge is 2.60. The second kappa shape index (κ2) is 9.03. The number of carboxylic acid groups (broad SMARTS) is 1. The zero-order chi connectivity index (χ0) is 23.2. The van der Waals surface area contributed by atoms with Crippen molar-refractivity contribution >= 4 is 46.1 Å². The van der Waals surface area contributed by atoms with E-state index in [2.05, 4.69) is 9.88 Å². The number of carbonyl (C=O) groups is 3. The van der Waals surface area contributed by atoms with Crippen LogP contribution in [0.5, 0.6) is 0 Å². The monoisotopic (exact) mass is 481 g/mol. The maximum atomic E-state index is 12.5. The molecule has 1 aromatic heterocycles. The number of carbonyl (C=O) groups excluding carboxylic acids is 2. The van der Waals surface area contributed by atoms with Gasteiger partial charge in [0.1, 0.15) is 5.70 Å². The molecule has 2 N–H and O–H groups in total. The zero-order valence-electron chi connectivity index (χ0n) is 18.2. The number of thiazole rings is 1. The minimum atomic E-state index is -1.09. The topological polar surface area (TPSA) is 120 Å². The fourth-order valence-electron chi connectivity index (χ4n) is 4.73. The molecular weight excluding hydrogens is 454 g/mol. The van der Waals surface area contributed by atoms with Crippen LogP contribution >= 0.6 is 23.1 Å². The van der Waals surface area contributed by atoms with E-state index in [0.29, 0.717) is 12.3 Å². The maximum absolute atomic E-state index is 12.5. The van der Waals surface area contributed by atoms with Gasteiger partial charge in [-0.25, -0.2) is 14.6 Å². The number of aliphatic carboxylic acids is 1. The first-order valence-corrected chi connectivity index (χ1v) is 12.5. The number of ether oxygens (including phenoxy) is 1. The highest BCUT2D eigenvalue weighted by atomic mass is 32.2. The van der Waals surface area contributed by atoms with Gasteiger partial charge in [-0.3, -0.25) is 4.79 Å². The molecule has 11 heteroatoms. The number of aromatic nitrogens is 1. The average molecular weight is 482 g/mol. The summed E-state index contributed by atoms with van der Waals surface area (Å²) in [7, 11) is 0. The Labute approximate surface area is 194 Å². The predicted octanol–water partition coefficient (Wildman–Crippen LogP) is 2.18. The number of amides is 1. The Morgan fingerprint density at radius 1 is 1.38 bits per heavy atom. The van der Waals surface area contributed by atoms with Crippen LogP contribution in [-0.2, 0) is 14.3 Å². The lowest BCUT2D eigenvalue weighted by Gasteiger charge is -2.46. The summed E-state index contributed by atoms with van der Waals surface area (Å²) in [5.74, 6) is -2.48. The number of aliphatic hydroxyl groups is 1. The van der Waals surface area contributed by atoms with Crippen LogP contribution in [0, 0.1) is 11.8 Å². The number of fused-ring (bicyclic) bond motifs is 1. The minimum Gasteiger partial charge on any atom is -0.477 e. The van der Waals surface area contributed by atoms with Gasteiger partial charge in [-0.2, -0.15) is 0 Å². The predicted molar refractivity (Wildman–Crippen MR) is 121 cm³/mol. The summed E-state index contributed by atoms with van der Waals surface area (Å²) in [6, 6.07) is -0.284. The third-order valence-electron chi connectivity index (χ3n) is 6.29. The molecule has 0 saturated carbocycles. The number of aliphatic hydroxyl groups excluding tert-OH is 1. The van der Waals surface area contributed by atoms with Gasteiger partial charge in [0.25, 0.3) is 0 Å². The molecule has 9 nitrogen and oxygen atoms in total. The number of piperidine rings is 1. The quantitative estimate of drug-likeness (QED) is 0.446. The standard InChI is InChI=1S/C21H27N3O6S2/c1-4-30-20(29)13-9-31-21(22-13)23-7-5-12(6-8-23)32-17-10(2)15-14(11(3)25)18(26)24(15)16(17)19(27)28/h9-12,14-15,25H,4-8H2,1-3H3,(H,27,28)/t10-,11-,14-,15-/m1/s1. The van der Waals surface area contributed by atoms with Crippen LogP contribution < -0.4 is 4.90 Å². The lowest BCUT2D eigenvalue weighted by molar-refractivity contribution is -0.163. The molecule has 4 atom stereocenters. The van der Waals surface area contributed by atoms with Gasteiger partial charge in [0.05, 0.1) is 24.7 Å². The summed E-state index contributed by atoms with van der Waals surface area (Å²) in [6.45, 7) is 7.09. The molecule has 4 heterocycles. The summed E-state index contributed by atoms with van der Waals surface area (Å²) < 4.78 is 5.00. The fraction of sp³-hybridized carbons (Fsp3) is 0.619. The molecule has 0 spiro atoms. The van der Waals surface area contributed by atoms with E-state index in [1.165, 1.54) is 16.2 Å². The number of rotatable bonds is 7. The van der Waals surface area contributed by atoms with Crippen LogP contribution in [0.15, 0.2) is 16.0 Å². The van der Waals surface area contributed by atoms with Gasteiger partial charge in [0.15, 0.2) is 10.8 Å². The Morgan fingerprint density at radius 3 is 2.66 bits per heavy atom. The molecule has 4 rings (SSSR count). The number of nitrogens with zero attached hydrogens (tertiary/aromatic N) is 3. The maximum Gasteiger partial charge on any atom is 0.357 e. The normalized spacial score (nSPS) is 26.8. The molecule has 0 radical (unpaired) electrons. The van der Waals surface area contributed by atoms with E-state index < -0.39 is 24.0 Å². The van der Waals surface area contributed by atoms with E-state index in [9.17, 15) is 24.6 Å². The summed E-state index contributed by atoms with van der Waals surface area (Å²) >= 11 is 2.97. The Kier molecular flexibility index (Phi) is 6.51. The van der Waals surface area contributed by atoms with E-state index in [1.807, 2.05) is 6.92 Å². The summed E-state index contributed by atoms with van der Waals surface area (Å²) in [5.41, 5.74) is 0.400. The van der Waals surface area contributed by atoms with Gasteiger partial charge in [-0.05, 0) is 26.7 Å². The second-order valence-corrected chi connectivity index (χ2v) is 10.5. The second-order valence-electron chi connectivity index (χ2n) is 8.31. The summed E-state index contributed by atoms with van der Waals surface area (Å²) in [6.07, 6.45) is 0.868. The van der Waals surface area contributed by atoms with Crippen LogP contribution in [-0.4, -0.2) is 75.0 Å². The molecule has 0 aromatic carbocycles. The van der Waals surface area contributed by atoms with E-state index >= 15 is 0 Å². The number of thioether (sulfide) groups is 1. The fourth-order valence-corrected chi connectivity index (χ4v) is 7.04. The summed E-state index contributed by atoms with van der Waals surface area (Å²) in [5, 5.41) is 22.5. The molecule has 2 fully saturated rings. The summed E-state index contributed by atoms with van der Waals surface area (Å²) in [4.78, 5) is 44.9. The molecule has 2 saturated heterocycles. The van der Waals surface area contributed by atoms with Gasteiger partial charge in [-0.15, -0.1) is 23.1 Å². The Morgan fingerprint density at radius 2 is 2.06 bits per heavy atom. The Balaban J connectivity index is 1.41. The van der Waals surface area contributed by atoms with E-state index in [4.69, 9.17) is 4.74 Å². The number of hydrogen-bond donors (Lipinski definition) is 2. The number of esters is 1. The third-order valence-corrected chi connectivity index (χ3v) is 8.82. The number of carboxylic acids is 1. The molecule has 32 heavy (non-hydrogen) atoms. The molecule has 0 aliphatic carbocycles. The van der Waals surface area contributed by atoms with Gasteiger partial charge < -0.3 is 24.7 Å². The van der Waals surface area contributed by atoms with Crippen molar-refractivity contribution in [3.05, 3.63) is 21.7 Å². The van der Waals surface area contributed by atoms with E-state index in [1.54, 1.807) is 31.0 Å². The highest BCUT2D eigenvalue weighted by Crippen LogP contribution is 2.52. The minimum absolute atomic E-state index is 0.0795. The van der Waals surface area contributed by atoms with Gasteiger partial charge in [-0.1, -0.05) is 6.92 Å². The number of hydrogen-bond acceptors (Lipinski definition) is 9. The van der Waals surface area contributed by atoms with Crippen LogP contribution in [0.4, 0.5) is 5.13 Å². The van der Waals surface area contributed by atoms with E-state index in [-0.39, 0.29) is 28.8 Å². The Bertz CT molecular complexity index is 953. The number of anilines is 1. The van der Waals surface area contributed by atoms with Crippen molar-refractivity contribution < 1.29 is 29.3 Å². The van der Waals surface area contributed by atoms with Crippen molar-refractivity contribution in [1.82, 2.24) is 9.88 Å². The first-order chi connectivity index (χ1) is 15.2. The molecule has 1 aromatic rings. The molecule has 3 aliphatic heterocycles. The smallest absolute Gasteiger partial charge is 0.357 e. The van der Waals surface area contributed by atoms with Crippen molar-refractivity contribution in [1.29, 1.82) is 0 Å². The Hall–Kier alpha value is -2.11. The lowest BCUT2D eigenvalue weighted by Crippen LogP contribution is -2.63. The molecule has 0 bridgehead atoms. The third kappa shape index (κ3) is 3.90. The van der Waals surface area contributed by atoms with E-state index in [0.717, 1.165) is 36.0 Å². The van der Waals surface area contributed by atoms with Crippen LogP contribution in [0.2, 0.25) is 0 Å². The first kappa shape index (κ1) is 23.1. The molecular formula is C21H27N3O6S2. The van der Waals surface area contributed by atoms with Gasteiger partial charge in [0, 0.05) is 34.5 Å². The molecule has 1 amide bonds. The van der Waals surface area contributed by atoms with Crippen molar-refractivity contribution in [2.24, 2.45) is 11.8 Å². The van der Waals surface area contributed by atoms with Crippen molar-refractivity contribution in [2.45, 2.75) is 51.0 Å². The molecule has 3 aliphatic rings. The van der Waals surface area contributed by atoms with Gasteiger partial charge in [0.2, 0.25) is 5.91 Å². The van der Waals surface area contributed by atoms with Crippen LogP contribution in [0.1, 0.15) is 44.1 Å². The average Bonchev–Trinajstić information content (AvgIpc) is 3.32. The number of β-lactam (4-membered cyclic amide) rings is 1. The van der Waals surface area contributed by atoms with Crippen molar-refractivity contribution in [2.75, 3.05) is 24.6 Å².